The summed E-state index contributed by atoms with van der Waals surface area (Å²) < 4.78 is 2.11. The molecule has 1 aromatic carbocycles. The zero-order valence-electron chi connectivity index (χ0n) is 12.8. The normalized spacial score (nSPS) is 11.5. The lowest BCUT2D eigenvalue weighted by atomic mass is 10.1. The van der Waals surface area contributed by atoms with Crippen molar-refractivity contribution >= 4 is 5.91 Å². The van der Waals surface area contributed by atoms with Crippen LogP contribution in [0.4, 0.5) is 0 Å². The first kappa shape index (κ1) is 16.2. The Kier molecular flexibility index (Phi) is 4.76. The Balaban J connectivity index is 2.07. The molecule has 0 saturated heterocycles. The van der Waals surface area contributed by atoms with E-state index in [2.05, 4.69) is 5.32 Å². The number of nitriles is 1. The smallest absolute Gasteiger partial charge is 0.331 e. The van der Waals surface area contributed by atoms with Crippen LogP contribution in [0.3, 0.4) is 0 Å². The molecule has 1 amide bonds. The van der Waals surface area contributed by atoms with Crippen molar-refractivity contribution in [2.45, 2.75) is 19.5 Å². The third-order valence-corrected chi connectivity index (χ3v) is 3.49. The highest BCUT2D eigenvalue weighted by Crippen LogP contribution is 2.12. The van der Waals surface area contributed by atoms with Crippen LogP contribution in [0.2, 0.25) is 0 Å². The molecule has 1 atom stereocenters. The fraction of sp³-hybridized carbons (Fsp3) is 0.250. The maximum atomic E-state index is 12.1. The van der Waals surface area contributed by atoms with Crippen LogP contribution >= 0.6 is 0 Å². The van der Waals surface area contributed by atoms with Crippen molar-refractivity contribution in [3.8, 4) is 6.07 Å². The molecule has 7 nitrogen and oxygen atoms in total. The van der Waals surface area contributed by atoms with Gasteiger partial charge in [-0.1, -0.05) is 12.1 Å². The SMILES string of the molecule is C[C@H](NC(=O)Cn1ccc(=O)n(C)c1=O)c1ccc(C#N)cc1. The first-order chi connectivity index (χ1) is 10.9. The van der Waals surface area contributed by atoms with E-state index in [1.807, 2.05) is 13.0 Å². The lowest BCUT2D eigenvalue weighted by Crippen LogP contribution is -2.40. The van der Waals surface area contributed by atoms with Gasteiger partial charge in [0.15, 0.2) is 0 Å². The van der Waals surface area contributed by atoms with Gasteiger partial charge in [0.25, 0.3) is 5.56 Å². The summed E-state index contributed by atoms with van der Waals surface area (Å²) in [5, 5.41) is 11.5. The zero-order chi connectivity index (χ0) is 17.0. The second kappa shape index (κ2) is 6.75. The Morgan fingerprint density at radius 1 is 1.26 bits per heavy atom. The van der Waals surface area contributed by atoms with Gasteiger partial charge < -0.3 is 5.32 Å². The minimum atomic E-state index is -0.543. The predicted octanol–water partition coefficient (Wildman–Crippen LogP) is 0.296. The molecule has 1 N–H and O–H groups in total. The second-order valence-electron chi connectivity index (χ2n) is 5.15. The summed E-state index contributed by atoms with van der Waals surface area (Å²) in [6.45, 7) is 1.64. The molecule has 1 aromatic heterocycles. The van der Waals surface area contributed by atoms with Crippen LogP contribution in [0, 0.1) is 11.3 Å². The average molecular weight is 312 g/mol. The fourth-order valence-electron chi connectivity index (χ4n) is 2.11. The monoisotopic (exact) mass is 312 g/mol. The van der Waals surface area contributed by atoms with Gasteiger partial charge in [-0.3, -0.25) is 18.7 Å². The van der Waals surface area contributed by atoms with Gasteiger partial charge in [0.05, 0.1) is 17.7 Å². The average Bonchev–Trinajstić information content (AvgIpc) is 2.55. The highest BCUT2D eigenvalue weighted by molar-refractivity contribution is 5.76. The van der Waals surface area contributed by atoms with Crippen molar-refractivity contribution in [2.75, 3.05) is 0 Å². The maximum Gasteiger partial charge on any atom is 0.331 e. The maximum absolute atomic E-state index is 12.1. The Bertz CT molecular complexity index is 872. The van der Waals surface area contributed by atoms with Gasteiger partial charge in [-0.05, 0) is 24.6 Å². The summed E-state index contributed by atoms with van der Waals surface area (Å²) >= 11 is 0. The molecule has 23 heavy (non-hydrogen) atoms. The van der Waals surface area contributed by atoms with Crippen LogP contribution < -0.4 is 16.6 Å². The van der Waals surface area contributed by atoms with Gasteiger partial charge in [0.2, 0.25) is 5.91 Å². The van der Waals surface area contributed by atoms with E-state index in [0.29, 0.717) is 5.56 Å². The van der Waals surface area contributed by atoms with Crippen LogP contribution in [0.1, 0.15) is 24.1 Å². The van der Waals surface area contributed by atoms with Crippen molar-refractivity contribution in [3.05, 3.63) is 68.5 Å². The lowest BCUT2D eigenvalue weighted by molar-refractivity contribution is -0.122. The number of hydrogen-bond acceptors (Lipinski definition) is 4. The van der Waals surface area contributed by atoms with E-state index in [1.54, 1.807) is 24.3 Å². The van der Waals surface area contributed by atoms with Gasteiger partial charge in [0, 0.05) is 19.3 Å². The van der Waals surface area contributed by atoms with E-state index in [9.17, 15) is 14.4 Å². The largest absolute Gasteiger partial charge is 0.348 e. The van der Waals surface area contributed by atoms with Crippen molar-refractivity contribution in [2.24, 2.45) is 7.05 Å². The molecule has 0 radical (unpaired) electrons. The molecule has 2 aromatic rings. The second-order valence-corrected chi connectivity index (χ2v) is 5.15. The molecule has 0 unspecified atom stereocenters. The quantitative estimate of drug-likeness (QED) is 0.878. The molecular weight excluding hydrogens is 296 g/mol. The number of hydrogen-bond donors (Lipinski definition) is 1. The number of benzene rings is 1. The Hall–Kier alpha value is -3.14. The molecule has 7 heteroatoms. The number of carbonyl (C=O) groups excluding carboxylic acids is 1. The minimum Gasteiger partial charge on any atom is -0.348 e. The summed E-state index contributed by atoms with van der Waals surface area (Å²) in [7, 11) is 1.36. The Labute approximate surface area is 132 Å². The number of carbonyl (C=O) groups is 1. The zero-order valence-corrected chi connectivity index (χ0v) is 12.8. The highest BCUT2D eigenvalue weighted by atomic mass is 16.2. The number of rotatable bonds is 4. The molecule has 0 bridgehead atoms. The van der Waals surface area contributed by atoms with Crippen LogP contribution in [-0.2, 0) is 18.4 Å². The number of nitrogens with zero attached hydrogens (tertiary/aromatic N) is 3. The van der Waals surface area contributed by atoms with Crippen LogP contribution in [0.25, 0.3) is 0 Å². The first-order valence-corrected chi connectivity index (χ1v) is 6.98. The van der Waals surface area contributed by atoms with Crippen LogP contribution in [0.15, 0.2) is 46.1 Å². The molecule has 0 aliphatic carbocycles. The standard InChI is InChI=1S/C16H16N4O3/c1-11(13-5-3-12(9-17)4-6-13)18-14(21)10-20-8-7-15(22)19(2)16(20)23/h3-8,11H,10H2,1-2H3,(H,18,21)/t11-/m0/s1. The van der Waals surface area contributed by atoms with Crippen LogP contribution in [-0.4, -0.2) is 15.0 Å². The summed E-state index contributed by atoms with van der Waals surface area (Å²) in [4.78, 5) is 35.2. The summed E-state index contributed by atoms with van der Waals surface area (Å²) in [5.41, 5.74) is 0.436. The molecule has 0 aliphatic heterocycles. The molecular formula is C16H16N4O3. The van der Waals surface area contributed by atoms with Crippen LogP contribution in [0.5, 0.6) is 0 Å². The van der Waals surface area contributed by atoms with Crippen molar-refractivity contribution in [3.63, 3.8) is 0 Å². The molecule has 1 heterocycles. The van der Waals surface area contributed by atoms with E-state index in [4.69, 9.17) is 5.26 Å². The van der Waals surface area contributed by atoms with Crippen molar-refractivity contribution in [1.29, 1.82) is 5.26 Å². The first-order valence-electron chi connectivity index (χ1n) is 6.98. The van der Waals surface area contributed by atoms with Gasteiger partial charge >= 0.3 is 5.69 Å². The van der Waals surface area contributed by atoms with Gasteiger partial charge in [-0.2, -0.15) is 5.26 Å². The van der Waals surface area contributed by atoms with Crippen molar-refractivity contribution in [1.82, 2.24) is 14.5 Å². The van der Waals surface area contributed by atoms with Gasteiger partial charge in [0.1, 0.15) is 6.54 Å². The molecule has 0 spiro atoms. The van der Waals surface area contributed by atoms with Gasteiger partial charge in [-0.15, -0.1) is 0 Å². The predicted molar refractivity (Wildman–Crippen MR) is 83.7 cm³/mol. The summed E-state index contributed by atoms with van der Waals surface area (Å²) in [5.74, 6) is -0.345. The van der Waals surface area contributed by atoms with E-state index in [1.165, 1.54) is 23.9 Å². The van der Waals surface area contributed by atoms with E-state index in [-0.39, 0.29) is 18.5 Å². The fourth-order valence-corrected chi connectivity index (χ4v) is 2.11. The third-order valence-electron chi connectivity index (χ3n) is 3.49. The number of amides is 1. The van der Waals surface area contributed by atoms with Gasteiger partial charge in [-0.25, -0.2) is 4.79 Å². The number of aromatic nitrogens is 2. The Morgan fingerprint density at radius 3 is 2.52 bits per heavy atom. The molecule has 0 saturated carbocycles. The lowest BCUT2D eigenvalue weighted by Gasteiger charge is -2.15. The van der Waals surface area contributed by atoms with E-state index < -0.39 is 11.2 Å². The molecule has 0 aliphatic rings. The van der Waals surface area contributed by atoms with Crippen molar-refractivity contribution < 1.29 is 4.79 Å². The highest BCUT2D eigenvalue weighted by Gasteiger charge is 2.11. The molecule has 118 valence electrons. The molecule has 2 rings (SSSR count). The summed E-state index contributed by atoms with van der Waals surface area (Å²) in [6, 6.07) is 9.88. The minimum absolute atomic E-state index is 0.173. The number of nitrogens with one attached hydrogen (secondary N) is 1. The third kappa shape index (κ3) is 3.74. The molecule has 0 fully saturated rings. The summed E-state index contributed by atoms with van der Waals surface area (Å²) in [6.07, 6.45) is 1.30. The van der Waals surface area contributed by atoms with E-state index in [0.717, 1.165) is 10.1 Å². The topological polar surface area (TPSA) is 96.9 Å². The van der Waals surface area contributed by atoms with E-state index >= 15 is 0 Å². The Morgan fingerprint density at radius 2 is 1.91 bits per heavy atom.